The number of non-ortho nitro benzene ring substituents is 1. The molecule has 2 aromatic carbocycles. The lowest BCUT2D eigenvalue weighted by Gasteiger charge is -2.38. The van der Waals surface area contributed by atoms with E-state index in [-0.39, 0.29) is 16.7 Å². The highest BCUT2D eigenvalue weighted by molar-refractivity contribution is 7.12. The number of rotatable bonds is 3. The third-order valence-corrected chi connectivity index (χ3v) is 5.79. The van der Waals surface area contributed by atoms with Crippen molar-refractivity contribution in [2.75, 3.05) is 0 Å². The molecule has 0 saturated heterocycles. The molecule has 3 heterocycles. The number of nitro groups is 1. The fourth-order valence-electron chi connectivity index (χ4n) is 3.64. The first-order chi connectivity index (χ1) is 13.2. The van der Waals surface area contributed by atoms with E-state index in [9.17, 15) is 10.1 Å². The van der Waals surface area contributed by atoms with E-state index in [0.717, 1.165) is 33.9 Å². The zero-order valence-corrected chi connectivity index (χ0v) is 15.0. The molecule has 27 heavy (non-hydrogen) atoms. The summed E-state index contributed by atoms with van der Waals surface area (Å²) in [5.74, 6) is 0.804. The van der Waals surface area contributed by atoms with Crippen molar-refractivity contribution in [2.45, 2.75) is 18.7 Å². The van der Waals surface area contributed by atoms with Crippen molar-refractivity contribution in [3.8, 4) is 5.75 Å². The van der Waals surface area contributed by atoms with Crippen LogP contribution in [-0.2, 0) is 0 Å². The van der Waals surface area contributed by atoms with Gasteiger partial charge in [0.25, 0.3) is 5.69 Å². The van der Waals surface area contributed by atoms with Crippen LogP contribution < -0.4 is 4.74 Å². The van der Waals surface area contributed by atoms with Crippen molar-refractivity contribution in [1.82, 2.24) is 5.01 Å². The standard InChI is InChI=1S/C20H15N3O3S/c24-23(25)14-6-3-5-13(11-14)20-22-17(15-7-1-2-8-18(15)26-20)12-16(21-22)19-9-4-10-27-19/h1-11,17,20H,12H2/t17-,20-/m0/s1. The largest absolute Gasteiger partial charge is 0.464 e. The molecule has 3 aromatic rings. The Balaban J connectivity index is 1.61. The van der Waals surface area contributed by atoms with Crippen LogP contribution in [0.25, 0.3) is 0 Å². The maximum Gasteiger partial charge on any atom is 0.269 e. The van der Waals surface area contributed by atoms with Crippen molar-refractivity contribution in [2.24, 2.45) is 5.10 Å². The summed E-state index contributed by atoms with van der Waals surface area (Å²) in [6.07, 6.45) is 0.286. The number of hydrogen-bond acceptors (Lipinski definition) is 6. The van der Waals surface area contributed by atoms with Gasteiger partial charge in [-0.2, -0.15) is 5.10 Å². The van der Waals surface area contributed by atoms with E-state index in [1.807, 2.05) is 40.7 Å². The average Bonchev–Trinajstić information content (AvgIpc) is 3.37. The monoisotopic (exact) mass is 377 g/mol. The van der Waals surface area contributed by atoms with E-state index in [1.54, 1.807) is 23.5 Å². The Bertz CT molecular complexity index is 1050. The van der Waals surface area contributed by atoms with Crippen LogP contribution in [0.1, 0.15) is 34.7 Å². The molecule has 6 nitrogen and oxygen atoms in total. The highest BCUT2D eigenvalue weighted by atomic mass is 32.1. The van der Waals surface area contributed by atoms with E-state index in [4.69, 9.17) is 9.84 Å². The fourth-order valence-corrected chi connectivity index (χ4v) is 4.36. The fraction of sp³-hybridized carbons (Fsp3) is 0.150. The lowest BCUT2D eigenvalue weighted by atomic mass is 9.97. The molecule has 0 fully saturated rings. The highest BCUT2D eigenvalue weighted by Crippen LogP contribution is 2.47. The van der Waals surface area contributed by atoms with Crippen molar-refractivity contribution in [3.05, 3.63) is 92.2 Å². The van der Waals surface area contributed by atoms with Crippen LogP contribution in [0.3, 0.4) is 0 Å². The third kappa shape index (κ3) is 2.67. The smallest absolute Gasteiger partial charge is 0.269 e. The van der Waals surface area contributed by atoms with Gasteiger partial charge in [-0.05, 0) is 17.5 Å². The Morgan fingerprint density at radius 1 is 1.15 bits per heavy atom. The second-order valence-electron chi connectivity index (χ2n) is 6.48. The van der Waals surface area contributed by atoms with Gasteiger partial charge in [-0.15, -0.1) is 11.3 Å². The first kappa shape index (κ1) is 16.0. The van der Waals surface area contributed by atoms with Crippen molar-refractivity contribution in [3.63, 3.8) is 0 Å². The van der Waals surface area contributed by atoms with Gasteiger partial charge in [0.2, 0.25) is 6.23 Å². The molecule has 2 aliphatic heterocycles. The molecule has 2 atom stereocenters. The molecule has 1 aromatic heterocycles. The van der Waals surface area contributed by atoms with Gasteiger partial charge < -0.3 is 4.74 Å². The van der Waals surface area contributed by atoms with Crippen LogP contribution in [-0.4, -0.2) is 15.6 Å². The summed E-state index contributed by atoms with van der Waals surface area (Å²) in [6, 6.07) is 18.7. The molecular weight excluding hydrogens is 362 g/mol. The number of hydrogen-bond donors (Lipinski definition) is 0. The van der Waals surface area contributed by atoms with Crippen LogP contribution in [0.2, 0.25) is 0 Å². The second-order valence-corrected chi connectivity index (χ2v) is 7.43. The minimum atomic E-state index is -0.498. The van der Waals surface area contributed by atoms with Crippen LogP contribution in [0.5, 0.6) is 5.75 Å². The van der Waals surface area contributed by atoms with E-state index in [2.05, 4.69) is 12.1 Å². The van der Waals surface area contributed by atoms with E-state index in [0.29, 0.717) is 0 Å². The number of fused-ring (bicyclic) bond motifs is 3. The lowest BCUT2D eigenvalue weighted by molar-refractivity contribution is -0.385. The molecular formula is C20H15N3O3S. The Labute approximate surface area is 159 Å². The Morgan fingerprint density at radius 2 is 2.04 bits per heavy atom. The van der Waals surface area contributed by atoms with Gasteiger partial charge in [0, 0.05) is 29.7 Å². The molecule has 0 amide bonds. The summed E-state index contributed by atoms with van der Waals surface area (Å²) in [4.78, 5) is 11.9. The predicted octanol–water partition coefficient (Wildman–Crippen LogP) is 4.90. The molecule has 2 aliphatic rings. The summed E-state index contributed by atoms with van der Waals surface area (Å²) in [7, 11) is 0. The van der Waals surface area contributed by atoms with Gasteiger partial charge in [0.05, 0.1) is 21.6 Å². The summed E-state index contributed by atoms with van der Waals surface area (Å²) in [5, 5.41) is 20.0. The quantitative estimate of drug-likeness (QED) is 0.481. The number of ether oxygens (including phenoxy) is 1. The minimum Gasteiger partial charge on any atom is -0.464 e. The Kier molecular flexibility index (Phi) is 3.68. The number of hydrazone groups is 1. The molecule has 134 valence electrons. The molecule has 0 radical (unpaired) electrons. The molecule has 5 rings (SSSR count). The zero-order chi connectivity index (χ0) is 18.4. The van der Waals surface area contributed by atoms with Gasteiger partial charge in [-0.1, -0.05) is 36.4 Å². The molecule has 0 spiro atoms. The topological polar surface area (TPSA) is 68.0 Å². The third-order valence-electron chi connectivity index (χ3n) is 4.87. The SMILES string of the molecule is O=[N+]([O-])c1cccc([C@@H]2Oc3ccccc3[C@@H]3CC(c4cccs4)=NN32)c1. The maximum absolute atomic E-state index is 11.2. The number of para-hydroxylation sites is 1. The lowest BCUT2D eigenvalue weighted by Crippen LogP contribution is -2.33. The van der Waals surface area contributed by atoms with Gasteiger partial charge in [-0.25, -0.2) is 5.01 Å². The van der Waals surface area contributed by atoms with Crippen molar-refractivity contribution >= 4 is 22.7 Å². The normalized spacial score (nSPS) is 20.4. The van der Waals surface area contributed by atoms with Crippen molar-refractivity contribution in [1.29, 1.82) is 0 Å². The summed E-state index contributed by atoms with van der Waals surface area (Å²) >= 11 is 1.66. The molecule has 0 saturated carbocycles. The van der Waals surface area contributed by atoms with E-state index < -0.39 is 6.23 Å². The zero-order valence-electron chi connectivity index (χ0n) is 14.2. The summed E-state index contributed by atoms with van der Waals surface area (Å²) in [6.45, 7) is 0. The van der Waals surface area contributed by atoms with Gasteiger partial charge in [-0.3, -0.25) is 10.1 Å². The summed E-state index contributed by atoms with van der Waals surface area (Å²) in [5.41, 5.74) is 2.88. The van der Waals surface area contributed by atoms with Gasteiger partial charge in [0.1, 0.15) is 5.75 Å². The van der Waals surface area contributed by atoms with E-state index >= 15 is 0 Å². The molecule has 0 unspecified atom stereocenters. The van der Waals surface area contributed by atoms with Crippen molar-refractivity contribution < 1.29 is 9.66 Å². The average molecular weight is 377 g/mol. The van der Waals surface area contributed by atoms with Gasteiger partial charge in [0.15, 0.2) is 0 Å². The number of thiophene rings is 1. The molecule has 0 aliphatic carbocycles. The number of benzene rings is 2. The first-order valence-corrected chi connectivity index (χ1v) is 9.48. The summed E-state index contributed by atoms with van der Waals surface area (Å²) < 4.78 is 6.23. The van der Waals surface area contributed by atoms with E-state index in [1.165, 1.54) is 6.07 Å². The van der Waals surface area contributed by atoms with Crippen LogP contribution in [0, 0.1) is 10.1 Å². The van der Waals surface area contributed by atoms with Gasteiger partial charge >= 0.3 is 0 Å². The van der Waals surface area contributed by atoms with Crippen LogP contribution in [0.4, 0.5) is 5.69 Å². The number of nitro benzene ring substituents is 1. The Hall–Kier alpha value is -3.19. The molecule has 0 bridgehead atoms. The van der Waals surface area contributed by atoms with Crippen LogP contribution >= 0.6 is 11.3 Å². The number of nitrogens with zero attached hydrogens (tertiary/aromatic N) is 3. The minimum absolute atomic E-state index is 0.0492. The molecule has 0 N–H and O–H groups in total. The highest BCUT2D eigenvalue weighted by Gasteiger charge is 2.41. The molecule has 7 heteroatoms. The first-order valence-electron chi connectivity index (χ1n) is 8.60. The maximum atomic E-state index is 11.2. The second kappa shape index (κ2) is 6.21. The predicted molar refractivity (Wildman–Crippen MR) is 103 cm³/mol. The van der Waals surface area contributed by atoms with Crippen LogP contribution in [0.15, 0.2) is 71.1 Å². The Morgan fingerprint density at radius 3 is 2.85 bits per heavy atom.